The lowest BCUT2D eigenvalue weighted by molar-refractivity contribution is 0.0593. The van der Waals surface area contributed by atoms with Crippen LogP contribution < -0.4 is 10.5 Å². The number of nitrogens with zero attached hydrogens (tertiary/aromatic N) is 3. The third-order valence-corrected chi connectivity index (χ3v) is 5.05. The van der Waals surface area contributed by atoms with Gasteiger partial charge in [0.2, 0.25) is 0 Å². The second-order valence-corrected chi connectivity index (χ2v) is 6.92. The van der Waals surface area contributed by atoms with Crippen LogP contribution in [0.5, 0.6) is 5.75 Å². The first-order valence-corrected chi connectivity index (χ1v) is 9.05. The summed E-state index contributed by atoms with van der Waals surface area (Å²) in [6, 6.07) is 6.35. The highest BCUT2D eigenvalue weighted by Crippen LogP contribution is 2.32. The summed E-state index contributed by atoms with van der Waals surface area (Å²) < 4.78 is 26.7. The largest absolute Gasteiger partial charge is 0.491 e. The predicted octanol–water partition coefficient (Wildman–Crippen LogP) is 2.58. The van der Waals surface area contributed by atoms with E-state index in [0.717, 1.165) is 25.9 Å². The number of rotatable bonds is 5. The Balaban J connectivity index is 1.97. The van der Waals surface area contributed by atoms with Gasteiger partial charge < -0.3 is 24.7 Å². The fraction of sp³-hybridized carbons (Fsp3) is 0.400. The Morgan fingerprint density at radius 3 is 2.75 bits per heavy atom. The Hall–Kier alpha value is -3.05. The van der Waals surface area contributed by atoms with E-state index in [-0.39, 0.29) is 28.4 Å². The predicted molar refractivity (Wildman–Crippen MR) is 102 cm³/mol. The van der Waals surface area contributed by atoms with Crippen LogP contribution in [-0.2, 0) is 4.74 Å². The van der Waals surface area contributed by atoms with Crippen molar-refractivity contribution in [3.8, 4) is 17.5 Å². The number of halogens is 1. The van der Waals surface area contributed by atoms with E-state index in [9.17, 15) is 14.4 Å². The van der Waals surface area contributed by atoms with Crippen LogP contribution in [0.1, 0.15) is 28.9 Å². The zero-order chi connectivity index (χ0) is 20.3. The van der Waals surface area contributed by atoms with E-state index >= 15 is 0 Å². The van der Waals surface area contributed by atoms with Crippen molar-refractivity contribution in [2.24, 2.45) is 5.92 Å². The third kappa shape index (κ3) is 3.80. The van der Waals surface area contributed by atoms with Crippen molar-refractivity contribution in [1.29, 1.82) is 5.26 Å². The molecule has 0 amide bonds. The van der Waals surface area contributed by atoms with Crippen LogP contribution in [0.3, 0.4) is 0 Å². The van der Waals surface area contributed by atoms with E-state index in [1.807, 2.05) is 6.07 Å². The van der Waals surface area contributed by atoms with Crippen LogP contribution >= 0.6 is 0 Å². The van der Waals surface area contributed by atoms with E-state index in [1.165, 1.54) is 23.9 Å². The Kier molecular flexibility index (Phi) is 5.85. The van der Waals surface area contributed by atoms with E-state index in [0.29, 0.717) is 12.5 Å². The normalized spacial score (nSPS) is 15.2. The van der Waals surface area contributed by atoms with E-state index in [4.69, 9.17) is 15.2 Å². The monoisotopic (exact) mass is 386 g/mol. The van der Waals surface area contributed by atoms with Crippen molar-refractivity contribution in [2.45, 2.75) is 12.8 Å². The number of nitrogen functional groups attached to an aromatic ring is 1. The average Bonchev–Trinajstić information content (AvgIpc) is 3.02. The van der Waals surface area contributed by atoms with Crippen molar-refractivity contribution >= 4 is 11.7 Å². The number of likely N-dealkylation sites (tertiary alicyclic amines) is 1. The van der Waals surface area contributed by atoms with E-state index in [1.54, 1.807) is 12.1 Å². The molecular formula is C20H23FN4O3. The molecule has 0 aliphatic carbocycles. The fourth-order valence-corrected chi connectivity index (χ4v) is 3.37. The number of esters is 1. The lowest BCUT2D eigenvalue weighted by atomic mass is 9.98. The second kappa shape index (κ2) is 8.31. The molecule has 0 saturated carbocycles. The number of methoxy groups -OCH3 is 1. The van der Waals surface area contributed by atoms with Gasteiger partial charge in [0.1, 0.15) is 17.5 Å². The number of nitrogens with two attached hydrogens (primary N) is 1. The van der Waals surface area contributed by atoms with Crippen molar-refractivity contribution in [3.05, 3.63) is 41.5 Å². The molecule has 1 aliphatic heterocycles. The molecule has 2 N–H and O–H groups in total. The average molecular weight is 386 g/mol. The molecule has 1 saturated heterocycles. The lowest BCUT2D eigenvalue weighted by Gasteiger charge is -2.29. The van der Waals surface area contributed by atoms with E-state index in [2.05, 4.69) is 11.9 Å². The zero-order valence-corrected chi connectivity index (χ0v) is 15.9. The molecule has 2 aromatic rings. The van der Waals surface area contributed by atoms with Crippen LogP contribution in [0.4, 0.5) is 10.1 Å². The summed E-state index contributed by atoms with van der Waals surface area (Å²) in [5.74, 6) is -0.700. The molecule has 148 valence electrons. The number of carbonyl (C=O) groups is 1. The first-order chi connectivity index (χ1) is 13.5. The van der Waals surface area contributed by atoms with Gasteiger partial charge in [-0.05, 0) is 51.0 Å². The van der Waals surface area contributed by atoms with Gasteiger partial charge in [-0.3, -0.25) is 0 Å². The van der Waals surface area contributed by atoms with Gasteiger partial charge in [0.05, 0.1) is 25.0 Å². The maximum absolute atomic E-state index is 14.8. The maximum Gasteiger partial charge on any atom is 0.357 e. The summed E-state index contributed by atoms with van der Waals surface area (Å²) in [6.45, 7) is 2.44. The number of para-hydroxylation sites is 1. The smallest absolute Gasteiger partial charge is 0.357 e. The lowest BCUT2D eigenvalue weighted by Crippen LogP contribution is -2.32. The number of benzene rings is 1. The maximum atomic E-state index is 14.8. The molecule has 2 heterocycles. The number of hydrogen-bond donors (Lipinski definition) is 1. The van der Waals surface area contributed by atoms with Gasteiger partial charge in [-0.15, -0.1) is 0 Å². The minimum Gasteiger partial charge on any atom is -0.491 e. The Bertz CT molecular complexity index is 911. The van der Waals surface area contributed by atoms with Gasteiger partial charge in [-0.25, -0.2) is 9.18 Å². The standard InChI is InChI=1S/C20H23FN4O3/c1-24-8-6-13(7-9-24)12-28-16-5-3-4-15(21)18(16)25-11-14(10-22)17(23)19(25)20(26)27-2/h3-5,11,13H,6-9,12,23H2,1-2H3. The summed E-state index contributed by atoms with van der Waals surface area (Å²) >= 11 is 0. The Labute approximate surface area is 163 Å². The second-order valence-electron chi connectivity index (χ2n) is 6.92. The molecule has 1 aromatic carbocycles. The van der Waals surface area contributed by atoms with Gasteiger partial charge in [-0.1, -0.05) is 6.07 Å². The van der Waals surface area contributed by atoms with Crippen LogP contribution in [0, 0.1) is 23.1 Å². The third-order valence-electron chi connectivity index (χ3n) is 5.05. The molecule has 0 unspecified atom stereocenters. The minimum atomic E-state index is -0.761. The molecule has 7 nitrogen and oxygen atoms in total. The van der Waals surface area contributed by atoms with Crippen LogP contribution in [0.25, 0.3) is 5.69 Å². The summed E-state index contributed by atoms with van der Waals surface area (Å²) in [6.07, 6.45) is 3.33. The van der Waals surface area contributed by atoms with Crippen LogP contribution in [0.2, 0.25) is 0 Å². The number of nitriles is 1. The van der Waals surface area contributed by atoms with Crippen molar-refractivity contribution < 1.29 is 18.7 Å². The molecule has 0 radical (unpaired) electrons. The topological polar surface area (TPSA) is 93.5 Å². The number of hydrogen-bond acceptors (Lipinski definition) is 6. The molecule has 0 atom stereocenters. The van der Waals surface area contributed by atoms with Gasteiger partial charge in [0.25, 0.3) is 0 Å². The van der Waals surface area contributed by atoms with Crippen LogP contribution in [-0.4, -0.2) is 49.3 Å². The first-order valence-electron chi connectivity index (χ1n) is 9.05. The number of aromatic nitrogens is 1. The summed E-state index contributed by atoms with van der Waals surface area (Å²) in [5, 5.41) is 9.27. The van der Waals surface area contributed by atoms with Crippen molar-refractivity contribution in [1.82, 2.24) is 9.47 Å². The molecule has 0 spiro atoms. The van der Waals surface area contributed by atoms with Crippen LogP contribution in [0.15, 0.2) is 24.4 Å². The quantitative estimate of drug-likeness (QED) is 0.794. The van der Waals surface area contributed by atoms with Gasteiger partial charge in [-0.2, -0.15) is 5.26 Å². The molecular weight excluding hydrogens is 363 g/mol. The number of piperidine rings is 1. The number of carbonyl (C=O) groups excluding carboxylic acids is 1. The van der Waals surface area contributed by atoms with Gasteiger partial charge >= 0.3 is 5.97 Å². The molecule has 8 heteroatoms. The fourth-order valence-electron chi connectivity index (χ4n) is 3.37. The summed E-state index contributed by atoms with van der Waals surface area (Å²) in [5.41, 5.74) is 5.85. The summed E-state index contributed by atoms with van der Waals surface area (Å²) in [4.78, 5) is 14.5. The summed E-state index contributed by atoms with van der Waals surface area (Å²) in [7, 11) is 3.28. The Morgan fingerprint density at radius 1 is 1.39 bits per heavy atom. The molecule has 1 aliphatic rings. The molecule has 1 fully saturated rings. The molecule has 28 heavy (non-hydrogen) atoms. The Morgan fingerprint density at radius 2 is 2.11 bits per heavy atom. The number of ether oxygens (including phenoxy) is 2. The number of anilines is 1. The zero-order valence-electron chi connectivity index (χ0n) is 15.9. The first kappa shape index (κ1) is 19.7. The van der Waals surface area contributed by atoms with Gasteiger partial charge in [0, 0.05) is 6.20 Å². The van der Waals surface area contributed by atoms with E-state index < -0.39 is 11.8 Å². The van der Waals surface area contributed by atoms with Crippen molar-refractivity contribution in [3.63, 3.8) is 0 Å². The highest BCUT2D eigenvalue weighted by Gasteiger charge is 2.26. The van der Waals surface area contributed by atoms with Gasteiger partial charge in [0.15, 0.2) is 11.5 Å². The molecule has 1 aromatic heterocycles. The minimum absolute atomic E-state index is 0.0315. The van der Waals surface area contributed by atoms with Crippen molar-refractivity contribution in [2.75, 3.05) is 39.6 Å². The molecule has 3 rings (SSSR count). The highest BCUT2D eigenvalue weighted by molar-refractivity contribution is 5.96. The SMILES string of the molecule is COC(=O)c1c(N)c(C#N)cn1-c1c(F)cccc1OCC1CCN(C)CC1. The highest BCUT2D eigenvalue weighted by atomic mass is 19.1. The molecule has 0 bridgehead atoms.